The van der Waals surface area contributed by atoms with Gasteiger partial charge >= 0.3 is 0 Å². The SMILES string of the molecule is O=C(CCN1CCN(c2ccc(F)cc2)CC1)Nc1c(Cl)cccc1Cl. The first kappa shape index (κ1) is 19.0. The van der Waals surface area contributed by atoms with Gasteiger partial charge in [-0.1, -0.05) is 29.3 Å². The van der Waals surface area contributed by atoms with Gasteiger partial charge in [0.15, 0.2) is 0 Å². The van der Waals surface area contributed by atoms with Crippen LogP contribution in [-0.4, -0.2) is 43.5 Å². The van der Waals surface area contributed by atoms with E-state index in [9.17, 15) is 9.18 Å². The Bertz CT molecular complexity index is 742. The highest BCUT2D eigenvalue weighted by molar-refractivity contribution is 6.39. The second kappa shape index (κ2) is 8.71. The van der Waals surface area contributed by atoms with E-state index in [1.165, 1.54) is 12.1 Å². The lowest BCUT2D eigenvalue weighted by atomic mass is 10.2. The Hall–Kier alpha value is -1.82. The van der Waals surface area contributed by atoms with Gasteiger partial charge in [0.1, 0.15) is 5.82 Å². The van der Waals surface area contributed by atoms with Crippen LogP contribution < -0.4 is 10.2 Å². The van der Waals surface area contributed by atoms with Gasteiger partial charge in [-0.05, 0) is 36.4 Å². The van der Waals surface area contributed by atoms with Gasteiger partial charge in [0.25, 0.3) is 0 Å². The Labute approximate surface area is 162 Å². The summed E-state index contributed by atoms with van der Waals surface area (Å²) in [5, 5.41) is 3.64. The number of nitrogens with one attached hydrogen (secondary N) is 1. The van der Waals surface area contributed by atoms with Crippen molar-refractivity contribution in [2.45, 2.75) is 6.42 Å². The Balaban J connectivity index is 1.45. The molecule has 0 saturated carbocycles. The quantitative estimate of drug-likeness (QED) is 0.820. The van der Waals surface area contributed by atoms with Gasteiger partial charge in [-0.3, -0.25) is 9.69 Å². The Morgan fingerprint density at radius 3 is 2.23 bits per heavy atom. The Morgan fingerprint density at radius 2 is 1.62 bits per heavy atom. The fourth-order valence-electron chi connectivity index (χ4n) is 2.96. The molecule has 2 aromatic carbocycles. The van der Waals surface area contributed by atoms with Crippen molar-refractivity contribution in [2.75, 3.05) is 42.9 Å². The van der Waals surface area contributed by atoms with Gasteiger partial charge in [-0.15, -0.1) is 0 Å². The van der Waals surface area contributed by atoms with E-state index >= 15 is 0 Å². The molecule has 3 rings (SSSR count). The highest BCUT2D eigenvalue weighted by Crippen LogP contribution is 2.29. The zero-order valence-electron chi connectivity index (χ0n) is 14.2. The van der Waals surface area contributed by atoms with Crippen LogP contribution in [0.3, 0.4) is 0 Å². The molecule has 0 radical (unpaired) electrons. The molecule has 2 aromatic rings. The Morgan fingerprint density at radius 1 is 1.00 bits per heavy atom. The molecule has 4 nitrogen and oxygen atoms in total. The third-order valence-electron chi connectivity index (χ3n) is 4.45. The van der Waals surface area contributed by atoms with Crippen molar-refractivity contribution < 1.29 is 9.18 Å². The first-order valence-electron chi connectivity index (χ1n) is 8.49. The molecule has 138 valence electrons. The van der Waals surface area contributed by atoms with Crippen LogP contribution in [0.4, 0.5) is 15.8 Å². The van der Waals surface area contributed by atoms with Crippen LogP contribution in [0.5, 0.6) is 0 Å². The number of hydrogen-bond donors (Lipinski definition) is 1. The predicted octanol–water partition coefficient (Wildman–Crippen LogP) is 4.28. The molecule has 1 amide bonds. The van der Waals surface area contributed by atoms with Crippen LogP contribution in [0.2, 0.25) is 10.0 Å². The average Bonchev–Trinajstić information content (AvgIpc) is 2.64. The molecular weight excluding hydrogens is 376 g/mol. The highest BCUT2D eigenvalue weighted by Gasteiger charge is 2.18. The Kier molecular flexibility index (Phi) is 6.35. The van der Waals surface area contributed by atoms with Gasteiger partial charge in [0, 0.05) is 44.8 Å². The summed E-state index contributed by atoms with van der Waals surface area (Å²) in [4.78, 5) is 16.6. The van der Waals surface area contributed by atoms with Gasteiger partial charge in [-0.25, -0.2) is 4.39 Å². The second-order valence-corrected chi connectivity index (χ2v) is 7.01. The van der Waals surface area contributed by atoms with Crippen molar-refractivity contribution in [1.82, 2.24) is 4.90 Å². The fraction of sp³-hybridized carbons (Fsp3) is 0.316. The van der Waals surface area contributed by atoms with Crippen LogP contribution in [-0.2, 0) is 4.79 Å². The molecule has 0 unspecified atom stereocenters. The number of halogens is 3. The van der Waals surface area contributed by atoms with E-state index in [1.807, 2.05) is 0 Å². The smallest absolute Gasteiger partial charge is 0.225 e. The number of hydrogen-bond acceptors (Lipinski definition) is 3. The average molecular weight is 396 g/mol. The fourth-order valence-corrected chi connectivity index (χ4v) is 3.45. The van der Waals surface area contributed by atoms with E-state index in [4.69, 9.17) is 23.2 Å². The molecule has 1 fully saturated rings. The van der Waals surface area contributed by atoms with E-state index in [1.54, 1.807) is 30.3 Å². The summed E-state index contributed by atoms with van der Waals surface area (Å²) >= 11 is 12.1. The number of anilines is 2. The lowest BCUT2D eigenvalue weighted by Gasteiger charge is -2.36. The highest BCUT2D eigenvalue weighted by atomic mass is 35.5. The maximum absolute atomic E-state index is 13.0. The zero-order valence-corrected chi connectivity index (χ0v) is 15.7. The normalized spacial score (nSPS) is 15.1. The summed E-state index contributed by atoms with van der Waals surface area (Å²) in [5.41, 5.74) is 1.49. The number of nitrogens with zero attached hydrogens (tertiary/aromatic N) is 2. The molecule has 26 heavy (non-hydrogen) atoms. The van der Waals surface area contributed by atoms with E-state index in [-0.39, 0.29) is 11.7 Å². The summed E-state index contributed by atoms with van der Waals surface area (Å²) in [6, 6.07) is 11.7. The summed E-state index contributed by atoms with van der Waals surface area (Å²) in [5.74, 6) is -0.335. The molecule has 1 aliphatic rings. The van der Waals surface area contributed by atoms with E-state index in [0.29, 0.717) is 28.7 Å². The van der Waals surface area contributed by atoms with Crippen LogP contribution in [0.1, 0.15) is 6.42 Å². The second-order valence-electron chi connectivity index (χ2n) is 6.20. The molecule has 0 atom stereocenters. The maximum Gasteiger partial charge on any atom is 0.225 e. The number of carbonyl (C=O) groups excluding carboxylic acids is 1. The number of piperazine rings is 1. The van der Waals surface area contributed by atoms with Crippen molar-refractivity contribution in [3.8, 4) is 0 Å². The van der Waals surface area contributed by atoms with Crippen molar-refractivity contribution in [1.29, 1.82) is 0 Å². The van der Waals surface area contributed by atoms with Crippen LogP contribution in [0.15, 0.2) is 42.5 Å². The maximum atomic E-state index is 13.0. The number of amides is 1. The minimum atomic E-state index is -0.225. The molecule has 1 saturated heterocycles. The largest absolute Gasteiger partial charge is 0.369 e. The molecule has 1 heterocycles. The van der Waals surface area contributed by atoms with Crippen LogP contribution >= 0.6 is 23.2 Å². The first-order chi connectivity index (χ1) is 12.5. The standard InChI is InChI=1S/C19H20Cl2FN3O/c20-16-2-1-3-17(21)19(16)23-18(26)8-9-24-10-12-25(13-11-24)15-6-4-14(22)5-7-15/h1-7H,8-13H2,(H,23,26). The number of rotatable bonds is 5. The lowest BCUT2D eigenvalue weighted by molar-refractivity contribution is -0.116. The molecular formula is C19H20Cl2FN3O. The van der Waals surface area contributed by atoms with Crippen LogP contribution in [0.25, 0.3) is 0 Å². The molecule has 7 heteroatoms. The zero-order chi connectivity index (χ0) is 18.5. The topological polar surface area (TPSA) is 35.6 Å². The predicted molar refractivity (Wildman–Crippen MR) is 105 cm³/mol. The first-order valence-corrected chi connectivity index (χ1v) is 9.25. The number of carbonyl (C=O) groups is 1. The minimum absolute atomic E-state index is 0.110. The van der Waals surface area contributed by atoms with Crippen LogP contribution in [0, 0.1) is 5.82 Å². The molecule has 0 bridgehead atoms. The molecule has 0 aromatic heterocycles. The van der Waals surface area contributed by atoms with Gasteiger partial charge in [0.2, 0.25) is 5.91 Å². The lowest BCUT2D eigenvalue weighted by Crippen LogP contribution is -2.47. The molecule has 1 N–H and O–H groups in total. The van der Waals surface area contributed by atoms with Crippen molar-refractivity contribution >= 4 is 40.5 Å². The molecule has 0 aliphatic carbocycles. The summed E-state index contributed by atoms with van der Waals surface area (Å²) in [6.07, 6.45) is 0.373. The van der Waals surface area contributed by atoms with E-state index in [2.05, 4.69) is 15.1 Å². The third-order valence-corrected chi connectivity index (χ3v) is 5.08. The molecule has 0 spiro atoms. The van der Waals surface area contributed by atoms with Gasteiger partial charge < -0.3 is 10.2 Å². The summed E-state index contributed by atoms with van der Waals surface area (Å²) < 4.78 is 13.0. The third kappa shape index (κ3) is 4.87. The van der Waals surface area contributed by atoms with Crippen molar-refractivity contribution in [3.63, 3.8) is 0 Å². The van der Waals surface area contributed by atoms with E-state index in [0.717, 1.165) is 31.9 Å². The van der Waals surface area contributed by atoms with Gasteiger partial charge in [0.05, 0.1) is 15.7 Å². The minimum Gasteiger partial charge on any atom is -0.369 e. The number of benzene rings is 2. The number of para-hydroxylation sites is 1. The van der Waals surface area contributed by atoms with E-state index < -0.39 is 0 Å². The molecule has 1 aliphatic heterocycles. The summed E-state index contributed by atoms with van der Waals surface area (Å²) in [6.45, 7) is 4.09. The monoisotopic (exact) mass is 395 g/mol. The summed E-state index contributed by atoms with van der Waals surface area (Å²) in [7, 11) is 0. The van der Waals surface area contributed by atoms with Crippen molar-refractivity contribution in [3.05, 3.63) is 58.3 Å². The van der Waals surface area contributed by atoms with Gasteiger partial charge in [-0.2, -0.15) is 0 Å². The van der Waals surface area contributed by atoms with Crippen molar-refractivity contribution in [2.24, 2.45) is 0 Å².